The van der Waals surface area contributed by atoms with Crippen LogP contribution in [0.3, 0.4) is 0 Å². The Morgan fingerprint density at radius 1 is 1.47 bits per heavy atom. The monoisotopic (exact) mass is 236 g/mol. The molecule has 1 heterocycles. The summed E-state index contributed by atoms with van der Waals surface area (Å²) in [4.78, 5) is 13.5. The van der Waals surface area contributed by atoms with Crippen LogP contribution in [-0.2, 0) is 4.74 Å². The van der Waals surface area contributed by atoms with Crippen LogP contribution in [0.4, 0.5) is 4.79 Å². The molecular weight excluding hydrogens is 216 g/mol. The fourth-order valence-corrected chi connectivity index (χ4v) is 1.73. The van der Waals surface area contributed by atoms with E-state index in [1.807, 2.05) is 13.0 Å². The summed E-state index contributed by atoms with van der Waals surface area (Å²) >= 11 is 0. The quantitative estimate of drug-likeness (QED) is 0.586. The molecule has 4 heteroatoms. The Labute approximate surface area is 103 Å². The van der Waals surface area contributed by atoms with Crippen molar-refractivity contribution in [1.82, 2.24) is 10.2 Å². The predicted molar refractivity (Wildman–Crippen MR) is 68.6 cm³/mol. The number of nitrogens with one attached hydrogen (secondary N) is 1. The largest absolute Gasteiger partial charge is 0.361 e. The maximum Gasteiger partial charge on any atom is 0.319 e. The molecule has 0 spiro atoms. The van der Waals surface area contributed by atoms with Gasteiger partial charge < -0.3 is 15.0 Å². The highest BCUT2D eigenvalue weighted by Crippen LogP contribution is 2.19. The van der Waals surface area contributed by atoms with Gasteiger partial charge in [-0.2, -0.15) is 0 Å². The maximum atomic E-state index is 11.8. The fourth-order valence-electron chi connectivity index (χ4n) is 1.73. The van der Waals surface area contributed by atoms with Crippen molar-refractivity contribution in [1.29, 1.82) is 0 Å². The Morgan fingerprint density at radius 2 is 2.18 bits per heavy atom. The molecule has 0 fully saturated rings. The molecule has 4 nitrogen and oxygen atoms in total. The van der Waals surface area contributed by atoms with Crippen molar-refractivity contribution in [2.45, 2.75) is 13.3 Å². The van der Waals surface area contributed by atoms with Crippen LogP contribution < -0.4 is 5.32 Å². The minimum absolute atomic E-state index is 0.0964. The van der Waals surface area contributed by atoms with Gasteiger partial charge in [-0.3, -0.25) is 0 Å². The van der Waals surface area contributed by atoms with Crippen molar-refractivity contribution in [2.24, 2.45) is 0 Å². The molecule has 1 aliphatic rings. The van der Waals surface area contributed by atoms with Crippen LogP contribution in [-0.4, -0.2) is 37.4 Å². The summed E-state index contributed by atoms with van der Waals surface area (Å²) in [5.74, 6) is 0. The van der Waals surface area contributed by atoms with Crippen molar-refractivity contribution < 1.29 is 9.53 Å². The highest BCUT2D eigenvalue weighted by atomic mass is 16.5. The summed E-state index contributed by atoms with van der Waals surface area (Å²) in [5, 5.41) is 2.71. The van der Waals surface area contributed by atoms with Crippen LogP contribution in [0.25, 0.3) is 0 Å². The van der Waals surface area contributed by atoms with Gasteiger partial charge in [0.1, 0.15) is 6.73 Å². The summed E-state index contributed by atoms with van der Waals surface area (Å²) in [5.41, 5.74) is 2.24. The number of ether oxygens (including phenoxy) is 1. The molecule has 1 N–H and O–H groups in total. The van der Waals surface area contributed by atoms with Crippen molar-refractivity contribution in [3.8, 4) is 0 Å². The van der Waals surface area contributed by atoms with Gasteiger partial charge in [0.2, 0.25) is 0 Å². The van der Waals surface area contributed by atoms with E-state index in [4.69, 9.17) is 4.74 Å². The van der Waals surface area contributed by atoms with Gasteiger partial charge in [-0.1, -0.05) is 25.3 Å². The Balaban J connectivity index is 2.53. The molecule has 0 aromatic heterocycles. The maximum absolute atomic E-state index is 11.8. The lowest BCUT2D eigenvalue weighted by Gasteiger charge is -2.29. The number of carbonyl (C=O) groups is 1. The molecule has 0 radical (unpaired) electrons. The molecule has 1 rings (SSSR count). The third-order valence-electron chi connectivity index (χ3n) is 2.73. The molecule has 2 amide bonds. The number of urea groups is 1. The Bertz CT molecular complexity index is 334. The molecule has 0 aromatic rings. The zero-order chi connectivity index (χ0) is 12.7. The minimum atomic E-state index is -0.0964. The van der Waals surface area contributed by atoms with E-state index in [1.54, 1.807) is 11.0 Å². The van der Waals surface area contributed by atoms with Crippen molar-refractivity contribution >= 4 is 6.03 Å². The van der Waals surface area contributed by atoms with E-state index in [2.05, 4.69) is 18.5 Å². The Morgan fingerprint density at radius 3 is 2.76 bits per heavy atom. The lowest BCUT2D eigenvalue weighted by Crippen LogP contribution is -2.44. The highest BCUT2D eigenvalue weighted by molar-refractivity contribution is 5.74. The first-order valence-corrected chi connectivity index (χ1v) is 5.80. The number of rotatable bonds is 5. The predicted octanol–water partition coefficient (Wildman–Crippen LogP) is 2.06. The summed E-state index contributed by atoms with van der Waals surface area (Å²) in [6, 6.07) is -0.0964. The number of carbonyl (C=O) groups excluding carboxylic acids is 1. The number of hydrogen-bond donors (Lipinski definition) is 1. The lowest BCUT2D eigenvalue weighted by atomic mass is 10.0. The molecule has 0 atom stereocenters. The van der Waals surface area contributed by atoms with Crippen LogP contribution in [0.15, 0.2) is 36.5 Å². The molecule has 17 heavy (non-hydrogen) atoms. The fraction of sp³-hybridized carbons (Fsp3) is 0.462. The standard InChI is InChI=1S/C13H20N2O2/c1-4-11-7-8-15(9-12(11)5-2)13(16)14-10-17-6-3/h4-5H,1-2,6-10H2,3H3,(H,14,16). The van der Waals surface area contributed by atoms with Gasteiger partial charge in [0.05, 0.1) is 0 Å². The summed E-state index contributed by atoms with van der Waals surface area (Å²) in [6.07, 6.45) is 4.46. The minimum Gasteiger partial charge on any atom is -0.361 e. The molecule has 0 bridgehead atoms. The zero-order valence-electron chi connectivity index (χ0n) is 10.4. The van der Waals surface area contributed by atoms with E-state index in [9.17, 15) is 4.79 Å². The Hall–Kier alpha value is -1.55. The zero-order valence-corrected chi connectivity index (χ0v) is 10.4. The van der Waals surface area contributed by atoms with Crippen LogP contribution in [0.1, 0.15) is 13.3 Å². The topological polar surface area (TPSA) is 41.6 Å². The molecule has 0 unspecified atom stereocenters. The van der Waals surface area contributed by atoms with E-state index in [-0.39, 0.29) is 12.8 Å². The smallest absolute Gasteiger partial charge is 0.319 e. The van der Waals surface area contributed by atoms with Gasteiger partial charge in [-0.25, -0.2) is 4.79 Å². The second kappa shape index (κ2) is 6.91. The van der Waals surface area contributed by atoms with Gasteiger partial charge in [0.25, 0.3) is 0 Å². The molecular formula is C13H20N2O2. The first-order chi connectivity index (χ1) is 8.22. The first kappa shape index (κ1) is 13.5. The van der Waals surface area contributed by atoms with Crippen molar-refractivity contribution in [2.75, 3.05) is 26.4 Å². The number of hydrogen-bond acceptors (Lipinski definition) is 2. The van der Waals surface area contributed by atoms with Crippen molar-refractivity contribution in [3.63, 3.8) is 0 Å². The summed E-state index contributed by atoms with van der Waals surface area (Å²) in [6.45, 7) is 11.6. The normalized spacial score (nSPS) is 15.7. The van der Waals surface area contributed by atoms with Crippen LogP contribution in [0.2, 0.25) is 0 Å². The average molecular weight is 236 g/mol. The molecule has 0 saturated carbocycles. The molecule has 94 valence electrons. The second-order valence-corrected chi connectivity index (χ2v) is 3.75. The van der Waals surface area contributed by atoms with Crippen LogP contribution in [0.5, 0.6) is 0 Å². The summed E-state index contributed by atoms with van der Waals surface area (Å²) < 4.78 is 5.08. The summed E-state index contributed by atoms with van der Waals surface area (Å²) in [7, 11) is 0. The van der Waals surface area contributed by atoms with Gasteiger partial charge in [0.15, 0.2) is 0 Å². The SMILES string of the molecule is C=CC1=C(C=C)CN(C(=O)NCOCC)CC1. The van der Waals surface area contributed by atoms with Gasteiger partial charge in [0, 0.05) is 19.7 Å². The molecule has 0 aromatic carbocycles. The second-order valence-electron chi connectivity index (χ2n) is 3.75. The van der Waals surface area contributed by atoms with E-state index < -0.39 is 0 Å². The van der Waals surface area contributed by atoms with Gasteiger partial charge in [-0.05, 0) is 24.5 Å². The van der Waals surface area contributed by atoms with E-state index >= 15 is 0 Å². The van der Waals surface area contributed by atoms with Crippen LogP contribution >= 0.6 is 0 Å². The highest BCUT2D eigenvalue weighted by Gasteiger charge is 2.19. The Kier molecular flexibility index (Phi) is 5.49. The van der Waals surface area contributed by atoms with Gasteiger partial charge >= 0.3 is 6.03 Å². The average Bonchev–Trinajstić information content (AvgIpc) is 2.38. The molecule has 1 aliphatic heterocycles. The number of allylic oxidation sites excluding steroid dienone is 1. The van der Waals surface area contributed by atoms with E-state index in [1.165, 1.54) is 5.57 Å². The van der Waals surface area contributed by atoms with Gasteiger partial charge in [-0.15, -0.1) is 0 Å². The van der Waals surface area contributed by atoms with Crippen LogP contribution in [0, 0.1) is 0 Å². The number of amides is 2. The van der Waals surface area contributed by atoms with E-state index in [0.29, 0.717) is 19.7 Å². The third kappa shape index (κ3) is 3.75. The third-order valence-corrected chi connectivity index (χ3v) is 2.73. The molecule has 0 saturated heterocycles. The number of nitrogens with zero attached hydrogens (tertiary/aromatic N) is 1. The first-order valence-electron chi connectivity index (χ1n) is 5.80. The van der Waals surface area contributed by atoms with E-state index in [0.717, 1.165) is 12.0 Å². The van der Waals surface area contributed by atoms with Crippen molar-refractivity contribution in [3.05, 3.63) is 36.5 Å². The lowest BCUT2D eigenvalue weighted by molar-refractivity contribution is 0.123. The molecule has 0 aliphatic carbocycles.